The van der Waals surface area contributed by atoms with E-state index in [1.807, 2.05) is 44.2 Å². The minimum absolute atomic E-state index is 0.141. The molecular formula is C14H12BrN3O. The molecule has 3 rings (SSSR count). The number of aryl methyl sites for hydroxylation is 2. The highest BCUT2D eigenvalue weighted by Gasteiger charge is 2.15. The number of hydrogen-bond donors (Lipinski definition) is 1. The van der Waals surface area contributed by atoms with Gasteiger partial charge in [0.15, 0.2) is 0 Å². The highest BCUT2D eigenvalue weighted by atomic mass is 79.9. The van der Waals surface area contributed by atoms with Gasteiger partial charge in [-0.15, -0.1) is 0 Å². The third-order valence-corrected chi connectivity index (χ3v) is 3.51. The first-order chi connectivity index (χ1) is 9.04. The van der Waals surface area contributed by atoms with E-state index in [4.69, 9.17) is 0 Å². The zero-order chi connectivity index (χ0) is 13.6. The lowest BCUT2D eigenvalue weighted by Crippen LogP contribution is -2.15. The van der Waals surface area contributed by atoms with Crippen LogP contribution in [0.3, 0.4) is 0 Å². The molecule has 1 N–H and O–H groups in total. The Labute approximate surface area is 118 Å². The van der Waals surface area contributed by atoms with Crippen molar-refractivity contribution in [3.8, 4) is 0 Å². The Morgan fingerprint density at radius 3 is 2.74 bits per heavy atom. The number of nitrogens with one attached hydrogen (secondary N) is 1. The lowest BCUT2D eigenvalue weighted by molar-refractivity contribution is 0.0938. The Morgan fingerprint density at radius 1 is 1.26 bits per heavy atom. The van der Waals surface area contributed by atoms with Crippen LogP contribution in [0.2, 0.25) is 0 Å². The van der Waals surface area contributed by atoms with Gasteiger partial charge in [0.2, 0.25) is 0 Å². The van der Waals surface area contributed by atoms with Crippen molar-refractivity contribution in [3.05, 3.63) is 51.9 Å². The molecule has 5 heteroatoms. The maximum Gasteiger partial charge on any atom is 0.294 e. The number of hydrogen-bond acceptors (Lipinski definition) is 2. The van der Waals surface area contributed by atoms with Gasteiger partial charge in [-0.05, 0) is 44.2 Å². The van der Waals surface area contributed by atoms with E-state index in [1.54, 1.807) is 0 Å². The van der Waals surface area contributed by atoms with Crippen LogP contribution >= 0.6 is 15.9 Å². The molecule has 0 bridgehead atoms. The molecule has 0 unspecified atom stereocenters. The van der Waals surface area contributed by atoms with Gasteiger partial charge < -0.3 is 4.98 Å². The predicted octanol–water partition coefficient (Wildman–Crippen LogP) is 3.43. The van der Waals surface area contributed by atoms with Crippen molar-refractivity contribution >= 4 is 32.7 Å². The molecule has 0 spiro atoms. The molecule has 0 aliphatic heterocycles. The number of H-pyrrole nitrogens is 1. The van der Waals surface area contributed by atoms with Gasteiger partial charge in [-0.3, -0.25) is 4.79 Å². The molecule has 96 valence electrons. The summed E-state index contributed by atoms with van der Waals surface area (Å²) in [5.74, 6) is -0.141. The van der Waals surface area contributed by atoms with E-state index in [-0.39, 0.29) is 5.91 Å². The third-order valence-electron chi connectivity index (χ3n) is 3.02. The summed E-state index contributed by atoms with van der Waals surface area (Å²) < 4.78 is 2.42. The Hall–Kier alpha value is -1.88. The molecule has 0 aliphatic rings. The molecule has 0 fully saturated rings. The molecule has 0 saturated heterocycles. The zero-order valence-electron chi connectivity index (χ0n) is 10.6. The molecule has 0 aliphatic carbocycles. The summed E-state index contributed by atoms with van der Waals surface area (Å²) in [6.45, 7) is 3.75. The molecule has 3 aromatic rings. The van der Waals surface area contributed by atoms with Crippen LogP contribution in [-0.2, 0) is 0 Å². The minimum atomic E-state index is -0.141. The quantitative estimate of drug-likeness (QED) is 0.747. The van der Waals surface area contributed by atoms with E-state index in [0.717, 1.165) is 26.8 Å². The molecule has 0 radical (unpaired) electrons. The van der Waals surface area contributed by atoms with Crippen LogP contribution in [0.15, 0.2) is 34.8 Å². The fourth-order valence-corrected chi connectivity index (χ4v) is 2.55. The summed E-state index contributed by atoms with van der Waals surface area (Å²) in [5, 5.41) is 5.21. The standard InChI is InChI=1S/C14H12BrN3O/c1-8-5-9(2)18(17-8)14(19)13-7-10-6-11(15)3-4-12(10)16-13/h3-7,16H,1-2H3. The Balaban J connectivity index is 2.09. The van der Waals surface area contributed by atoms with Crippen molar-refractivity contribution in [2.75, 3.05) is 0 Å². The van der Waals surface area contributed by atoms with E-state index >= 15 is 0 Å². The monoisotopic (exact) mass is 317 g/mol. The molecule has 0 amide bonds. The number of fused-ring (bicyclic) bond motifs is 1. The van der Waals surface area contributed by atoms with E-state index in [2.05, 4.69) is 26.0 Å². The minimum Gasteiger partial charge on any atom is -0.350 e. The highest BCUT2D eigenvalue weighted by molar-refractivity contribution is 9.10. The van der Waals surface area contributed by atoms with Crippen LogP contribution in [0.1, 0.15) is 21.9 Å². The number of rotatable bonds is 1. The van der Waals surface area contributed by atoms with E-state index in [9.17, 15) is 4.79 Å². The second-order valence-electron chi connectivity index (χ2n) is 4.56. The maximum absolute atomic E-state index is 12.4. The van der Waals surface area contributed by atoms with Gasteiger partial charge >= 0.3 is 0 Å². The van der Waals surface area contributed by atoms with E-state index in [1.165, 1.54) is 4.68 Å². The van der Waals surface area contributed by atoms with Crippen LogP contribution in [-0.4, -0.2) is 20.7 Å². The van der Waals surface area contributed by atoms with Crippen molar-refractivity contribution in [2.45, 2.75) is 13.8 Å². The fraction of sp³-hybridized carbons (Fsp3) is 0.143. The van der Waals surface area contributed by atoms with Crippen LogP contribution < -0.4 is 0 Å². The van der Waals surface area contributed by atoms with Crippen molar-refractivity contribution in [2.24, 2.45) is 0 Å². The van der Waals surface area contributed by atoms with Gasteiger partial charge in [0, 0.05) is 21.1 Å². The molecular weight excluding hydrogens is 306 g/mol. The molecule has 0 saturated carbocycles. The van der Waals surface area contributed by atoms with Gasteiger partial charge in [-0.25, -0.2) is 0 Å². The highest BCUT2D eigenvalue weighted by Crippen LogP contribution is 2.21. The average Bonchev–Trinajstić information content (AvgIpc) is 2.91. The van der Waals surface area contributed by atoms with Crippen molar-refractivity contribution in [1.82, 2.24) is 14.8 Å². The zero-order valence-corrected chi connectivity index (χ0v) is 12.2. The van der Waals surface area contributed by atoms with Crippen LogP contribution in [0, 0.1) is 13.8 Å². The van der Waals surface area contributed by atoms with E-state index in [0.29, 0.717) is 5.69 Å². The van der Waals surface area contributed by atoms with Crippen LogP contribution in [0.4, 0.5) is 0 Å². The summed E-state index contributed by atoms with van der Waals surface area (Å²) in [7, 11) is 0. The molecule has 2 aromatic heterocycles. The second kappa shape index (κ2) is 4.35. The van der Waals surface area contributed by atoms with Crippen molar-refractivity contribution in [1.29, 1.82) is 0 Å². The molecule has 4 nitrogen and oxygen atoms in total. The van der Waals surface area contributed by atoms with Gasteiger partial charge in [-0.2, -0.15) is 9.78 Å². The van der Waals surface area contributed by atoms with Crippen molar-refractivity contribution in [3.63, 3.8) is 0 Å². The van der Waals surface area contributed by atoms with E-state index < -0.39 is 0 Å². The average molecular weight is 318 g/mol. The number of nitrogens with zero attached hydrogens (tertiary/aromatic N) is 2. The second-order valence-corrected chi connectivity index (χ2v) is 5.47. The SMILES string of the molecule is Cc1cc(C)n(C(=O)c2cc3cc(Br)ccc3[nH]2)n1. The van der Waals surface area contributed by atoms with Gasteiger partial charge in [0.25, 0.3) is 5.91 Å². The first-order valence-corrected chi connectivity index (χ1v) is 6.70. The van der Waals surface area contributed by atoms with Gasteiger partial charge in [0.1, 0.15) is 5.69 Å². The normalized spacial score (nSPS) is 11.1. The molecule has 2 heterocycles. The lowest BCUT2D eigenvalue weighted by atomic mass is 10.2. The lowest BCUT2D eigenvalue weighted by Gasteiger charge is -1.99. The smallest absolute Gasteiger partial charge is 0.294 e. The van der Waals surface area contributed by atoms with Crippen molar-refractivity contribution < 1.29 is 4.79 Å². The number of halogens is 1. The van der Waals surface area contributed by atoms with Gasteiger partial charge in [-0.1, -0.05) is 15.9 Å². The number of carbonyl (C=O) groups is 1. The van der Waals surface area contributed by atoms with Crippen LogP contribution in [0.25, 0.3) is 10.9 Å². The number of carbonyl (C=O) groups excluding carboxylic acids is 1. The molecule has 1 aromatic carbocycles. The summed E-state index contributed by atoms with van der Waals surface area (Å²) in [6.07, 6.45) is 0. The predicted molar refractivity (Wildman–Crippen MR) is 77.4 cm³/mol. The Morgan fingerprint density at radius 2 is 2.05 bits per heavy atom. The topological polar surface area (TPSA) is 50.7 Å². The Bertz CT molecular complexity index is 785. The largest absolute Gasteiger partial charge is 0.350 e. The first kappa shape index (κ1) is 12.2. The van der Waals surface area contributed by atoms with Gasteiger partial charge in [0.05, 0.1) is 5.69 Å². The third kappa shape index (κ3) is 2.10. The number of aromatic nitrogens is 3. The molecule has 0 atom stereocenters. The summed E-state index contributed by atoms with van der Waals surface area (Å²) in [6, 6.07) is 9.59. The Kier molecular flexibility index (Phi) is 2.78. The fourth-order valence-electron chi connectivity index (χ4n) is 2.17. The number of benzene rings is 1. The first-order valence-electron chi connectivity index (χ1n) is 5.91. The summed E-state index contributed by atoms with van der Waals surface area (Å²) in [5.41, 5.74) is 3.15. The summed E-state index contributed by atoms with van der Waals surface area (Å²) in [4.78, 5) is 15.5. The number of aromatic amines is 1. The maximum atomic E-state index is 12.4. The summed E-state index contributed by atoms with van der Waals surface area (Å²) >= 11 is 3.42. The van der Waals surface area contributed by atoms with Crippen LogP contribution in [0.5, 0.6) is 0 Å². The molecule has 19 heavy (non-hydrogen) atoms.